The molecule has 0 fully saturated rings. The number of hydrogen-bond donors (Lipinski definition) is 1. The van der Waals surface area contributed by atoms with E-state index in [4.69, 9.17) is 0 Å². The molecular formula is C19H23N3O2. The van der Waals surface area contributed by atoms with E-state index >= 15 is 0 Å². The molecule has 1 aliphatic rings. The Kier molecular flexibility index (Phi) is 5.41. The van der Waals surface area contributed by atoms with E-state index in [0.29, 0.717) is 6.54 Å². The Labute approximate surface area is 142 Å². The van der Waals surface area contributed by atoms with E-state index in [1.807, 2.05) is 29.1 Å². The Morgan fingerprint density at radius 2 is 2.04 bits per heavy atom. The third-order valence-electron chi connectivity index (χ3n) is 4.44. The number of amides is 1. The van der Waals surface area contributed by atoms with Crippen molar-refractivity contribution in [2.24, 2.45) is 0 Å². The quantitative estimate of drug-likeness (QED) is 0.599. The van der Waals surface area contributed by atoms with E-state index in [0.717, 1.165) is 31.4 Å². The van der Waals surface area contributed by atoms with Gasteiger partial charge in [0.1, 0.15) is 0 Å². The van der Waals surface area contributed by atoms with E-state index in [1.54, 1.807) is 6.20 Å². The third-order valence-corrected chi connectivity index (χ3v) is 4.44. The third kappa shape index (κ3) is 4.31. The number of aryl methyl sites for hydroxylation is 3. The number of benzene rings is 1. The lowest BCUT2D eigenvalue weighted by atomic mass is 10.0. The van der Waals surface area contributed by atoms with E-state index in [1.165, 1.54) is 17.5 Å². The van der Waals surface area contributed by atoms with E-state index < -0.39 is 0 Å². The molecule has 1 aromatic carbocycles. The molecule has 2 aromatic rings. The van der Waals surface area contributed by atoms with Crippen LogP contribution in [0.25, 0.3) is 0 Å². The number of fused-ring (bicyclic) bond motifs is 1. The van der Waals surface area contributed by atoms with Crippen molar-refractivity contribution >= 4 is 11.7 Å². The number of carbonyl (C=O) groups excluding carboxylic acids is 2. The lowest BCUT2D eigenvalue weighted by Crippen LogP contribution is -2.25. The Hall–Kier alpha value is -2.43. The van der Waals surface area contributed by atoms with Crippen LogP contribution in [0.3, 0.4) is 0 Å². The first-order valence-electron chi connectivity index (χ1n) is 8.61. The molecule has 24 heavy (non-hydrogen) atoms. The maximum absolute atomic E-state index is 12.2. The number of nitrogens with zero attached hydrogens (tertiary/aromatic N) is 2. The van der Waals surface area contributed by atoms with Crippen LogP contribution in [0.1, 0.15) is 47.2 Å². The summed E-state index contributed by atoms with van der Waals surface area (Å²) in [6.45, 7) is 1.38. The van der Waals surface area contributed by atoms with Gasteiger partial charge in [-0.05, 0) is 48.9 Å². The van der Waals surface area contributed by atoms with Crippen molar-refractivity contribution in [1.82, 2.24) is 15.1 Å². The molecule has 126 valence electrons. The van der Waals surface area contributed by atoms with Crippen LogP contribution >= 0.6 is 0 Å². The van der Waals surface area contributed by atoms with Gasteiger partial charge in [0.25, 0.3) is 0 Å². The van der Waals surface area contributed by atoms with Gasteiger partial charge in [-0.15, -0.1) is 0 Å². The highest BCUT2D eigenvalue weighted by molar-refractivity contribution is 5.98. The van der Waals surface area contributed by atoms with Gasteiger partial charge in [0.15, 0.2) is 5.78 Å². The standard InChI is InChI=1S/C19H23N3O2/c23-18(17-7-6-15-4-1-5-16(15)14-17)8-9-19(24)20-10-2-12-22-13-3-11-21-22/h3,6-7,11,13-14H,1-2,4-5,8-10,12H2,(H,20,24). The molecule has 1 heterocycles. The number of carbonyl (C=O) groups is 2. The van der Waals surface area contributed by atoms with Gasteiger partial charge in [0.05, 0.1) is 0 Å². The zero-order valence-electron chi connectivity index (χ0n) is 13.8. The van der Waals surface area contributed by atoms with E-state index in [9.17, 15) is 9.59 Å². The predicted molar refractivity (Wildman–Crippen MR) is 91.9 cm³/mol. The van der Waals surface area contributed by atoms with Crippen LogP contribution in [0.2, 0.25) is 0 Å². The van der Waals surface area contributed by atoms with Crippen LogP contribution in [0.4, 0.5) is 0 Å². The molecule has 3 rings (SSSR count). The molecule has 1 aliphatic carbocycles. The highest BCUT2D eigenvalue weighted by Gasteiger charge is 2.14. The fourth-order valence-electron chi connectivity index (χ4n) is 3.11. The topological polar surface area (TPSA) is 64.0 Å². The van der Waals surface area contributed by atoms with Crippen molar-refractivity contribution in [3.05, 3.63) is 53.3 Å². The molecule has 0 spiro atoms. The Bertz CT molecular complexity index is 707. The van der Waals surface area contributed by atoms with E-state index in [2.05, 4.69) is 16.5 Å². The number of Topliss-reactive ketones (excluding diaryl/α,β-unsaturated/α-hetero) is 1. The van der Waals surface area contributed by atoms with Gasteiger partial charge in [0, 0.05) is 43.9 Å². The monoisotopic (exact) mass is 325 g/mol. The van der Waals surface area contributed by atoms with Crippen molar-refractivity contribution in [1.29, 1.82) is 0 Å². The number of rotatable bonds is 8. The summed E-state index contributed by atoms with van der Waals surface area (Å²) in [7, 11) is 0. The predicted octanol–water partition coefficient (Wildman–Crippen LogP) is 2.54. The summed E-state index contributed by atoms with van der Waals surface area (Å²) in [4.78, 5) is 24.1. The zero-order valence-corrected chi connectivity index (χ0v) is 13.8. The molecule has 0 unspecified atom stereocenters. The maximum Gasteiger partial charge on any atom is 0.220 e. The van der Waals surface area contributed by atoms with Crippen LogP contribution in [0.15, 0.2) is 36.7 Å². The van der Waals surface area contributed by atoms with Gasteiger partial charge < -0.3 is 5.32 Å². The average Bonchev–Trinajstić information content (AvgIpc) is 3.27. The van der Waals surface area contributed by atoms with Crippen LogP contribution in [-0.2, 0) is 24.2 Å². The number of ketones is 1. The van der Waals surface area contributed by atoms with Gasteiger partial charge in [0.2, 0.25) is 5.91 Å². The van der Waals surface area contributed by atoms with Gasteiger partial charge in [-0.2, -0.15) is 5.10 Å². The lowest BCUT2D eigenvalue weighted by Gasteiger charge is -2.06. The van der Waals surface area contributed by atoms with Gasteiger partial charge in [-0.1, -0.05) is 12.1 Å². The van der Waals surface area contributed by atoms with Crippen molar-refractivity contribution in [3.63, 3.8) is 0 Å². The van der Waals surface area contributed by atoms with Gasteiger partial charge in [-0.3, -0.25) is 14.3 Å². The average molecular weight is 325 g/mol. The second-order valence-electron chi connectivity index (χ2n) is 6.23. The SMILES string of the molecule is O=C(CCC(=O)c1ccc2c(c1)CCC2)NCCCn1cccn1. The van der Waals surface area contributed by atoms with Crippen LogP contribution in [-0.4, -0.2) is 28.0 Å². The molecule has 0 saturated heterocycles. The summed E-state index contributed by atoms with van der Waals surface area (Å²) in [5.41, 5.74) is 3.40. The first kappa shape index (κ1) is 16.4. The summed E-state index contributed by atoms with van der Waals surface area (Å²) in [6.07, 6.45) is 8.33. The molecule has 0 atom stereocenters. The largest absolute Gasteiger partial charge is 0.356 e. The number of aromatic nitrogens is 2. The summed E-state index contributed by atoms with van der Waals surface area (Å²) in [5.74, 6) is -0.0126. The molecule has 0 saturated carbocycles. The molecule has 1 N–H and O–H groups in total. The molecule has 1 aromatic heterocycles. The molecule has 0 radical (unpaired) electrons. The minimum absolute atomic E-state index is 0.0522. The van der Waals surface area contributed by atoms with Crippen molar-refractivity contribution < 1.29 is 9.59 Å². The molecule has 5 nitrogen and oxygen atoms in total. The molecule has 1 amide bonds. The smallest absolute Gasteiger partial charge is 0.220 e. The highest BCUT2D eigenvalue weighted by atomic mass is 16.2. The lowest BCUT2D eigenvalue weighted by molar-refractivity contribution is -0.121. The summed E-state index contributed by atoms with van der Waals surface area (Å²) < 4.78 is 1.84. The fourth-order valence-corrected chi connectivity index (χ4v) is 3.11. The van der Waals surface area contributed by atoms with Crippen LogP contribution < -0.4 is 5.32 Å². The zero-order chi connectivity index (χ0) is 16.8. The maximum atomic E-state index is 12.2. The van der Waals surface area contributed by atoms with Crippen LogP contribution in [0.5, 0.6) is 0 Å². The summed E-state index contributed by atoms with van der Waals surface area (Å²) >= 11 is 0. The normalized spacial score (nSPS) is 12.8. The van der Waals surface area contributed by atoms with Crippen molar-refractivity contribution in [3.8, 4) is 0 Å². The summed E-state index contributed by atoms with van der Waals surface area (Å²) in [6, 6.07) is 7.84. The molecule has 5 heteroatoms. The fraction of sp³-hybridized carbons (Fsp3) is 0.421. The molecular weight excluding hydrogens is 302 g/mol. The second kappa shape index (κ2) is 7.90. The summed E-state index contributed by atoms with van der Waals surface area (Å²) in [5, 5.41) is 6.97. The first-order valence-corrected chi connectivity index (χ1v) is 8.61. The molecule has 0 aliphatic heterocycles. The van der Waals surface area contributed by atoms with E-state index in [-0.39, 0.29) is 24.5 Å². The number of nitrogens with one attached hydrogen (secondary N) is 1. The second-order valence-corrected chi connectivity index (χ2v) is 6.23. The van der Waals surface area contributed by atoms with Crippen molar-refractivity contribution in [2.45, 2.75) is 45.1 Å². The van der Waals surface area contributed by atoms with Crippen LogP contribution in [0, 0.1) is 0 Å². The minimum atomic E-state index is -0.0648. The Morgan fingerprint density at radius 3 is 2.88 bits per heavy atom. The number of hydrogen-bond acceptors (Lipinski definition) is 3. The first-order chi connectivity index (χ1) is 11.7. The van der Waals surface area contributed by atoms with Gasteiger partial charge in [-0.25, -0.2) is 0 Å². The minimum Gasteiger partial charge on any atom is -0.356 e. The molecule has 0 bridgehead atoms. The Morgan fingerprint density at radius 1 is 1.17 bits per heavy atom. The Balaban J connectivity index is 1.37. The highest BCUT2D eigenvalue weighted by Crippen LogP contribution is 2.23. The van der Waals surface area contributed by atoms with Gasteiger partial charge >= 0.3 is 0 Å². The van der Waals surface area contributed by atoms with Crippen molar-refractivity contribution in [2.75, 3.05) is 6.54 Å².